The Balaban J connectivity index is 1.93. The number of nitrogens with one attached hydrogen (secondary N) is 2. The molecule has 0 aliphatic heterocycles. The van der Waals surface area contributed by atoms with Gasteiger partial charge in [-0.3, -0.25) is 19.9 Å². The number of nitro benzene ring substituents is 1. The third-order valence-electron chi connectivity index (χ3n) is 5.21. The molecule has 3 aromatic rings. The van der Waals surface area contributed by atoms with Crippen molar-refractivity contribution in [3.05, 3.63) is 69.7 Å². The summed E-state index contributed by atoms with van der Waals surface area (Å²) in [6.07, 6.45) is 3.77. The van der Waals surface area contributed by atoms with Crippen LogP contribution in [0.2, 0.25) is 0 Å². The van der Waals surface area contributed by atoms with Crippen LogP contribution in [0.1, 0.15) is 41.9 Å². The van der Waals surface area contributed by atoms with Gasteiger partial charge >= 0.3 is 0 Å². The van der Waals surface area contributed by atoms with Crippen molar-refractivity contribution in [1.82, 2.24) is 24.8 Å². The first-order valence-corrected chi connectivity index (χ1v) is 12.2. The topological polar surface area (TPSA) is 158 Å². The maximum atomic E-state index is 13.0. The summed E-state index contributed by atoms with van der Waals surface area (Å²) in [7, 11) is -2.61. The van der Waals surface area contributed by atoms with Crippen molar-refractivity contribution in [2.45, 2.75) is 44.7 Å². The highest BCUT2D eigenvalue weighted by atomic mass is 32.2. The number of pyridine rings is 1. The lowest BCUT2D eigenvalue weighted by Gasteiger charge is -2.15. The Morgan fingerprint density at radius 3 is 2.69 bits per heavy atom. The van der Waals surface area contributed by atoms with Gasteiger partial charge in [0, 0.05) is 49.7 Å². The predicted octanol–water partition coefficient (Wildman–Crippen LogP) is 2.83. The number of rotatable bonds is 10. The highest BCUT2D eigenvalue weighted by molar-refractivity contribution is 7.89. The second-order valence-electron chi connectivity index (χ2n) is 7.87. The van der Waals surface area contributed by atoms with E-state index in [1.165, 1.54) is 17.8 Å². The van der Waals surface area contributed by atoms with Crippen LogP contribution in [-0.2, 0) is 23.6 Å². The van der Waals surface area contributed by atoms with Gasteiger partial charge < -0.3 is 10.1 Å². The Bertz CT molecular complexity index is 1340. The number of non-ortho nitro benzene ring substituents is 1. The molecule has 0 unspecified atom stereocenters. The molecule has 0 saturated carbocycles. The number of nitro groups is 1. The maximum Gasteiger partial charge on any atom is 0.272 e. The predicted molar refractivity (Wildman–Crippen MR) is 127 cm³/mol. The number of nitrogens with zero attached hydrogens (tertiary/aromatic N) is 4. The van der Waals surface area contributed by atoms with Gasteiger partial charge in [-0.2, -0.15) is 5.10 Å². The van der Waals surface area contributed by atoms with Gasteiger partial charge in [-0.1, -0.05) is 13.0 Å². The number of ether oxygens (including phenoxy) is 1. The van der Waals surface area contributed by atoms with E-state index in [0.29, 0.717) is 12.0 Å². The molecule has 1 atom stereocenters. The quantitative estimate of drug-likeness (QED) is 0.316. The lowest BCUT2D eigenvalue weighted by atomic mass is 10.2. The Morgan fingerprint density at radius 1 is 1.31 bits per heavy atom. The molecule has 0 radical (unpaired) electrons. The van der Waals surface area contributed by atoms with E-state index in [2.05, 4.69) is 20.1 Å². The molecule has 186 valence electrons. The van der Waals surface area contributed by atoms with Crippen LogP contribution in [0, 0.1) is 17.0 Å². The molecule has 13 heteroatoms. The van der Waals surface area contributed by atoms with Crippen molar-refractivity contribution in [1.29, 1.82) is 0 Å². The van der Waals surface area contributed by atoms with Crippen LogP contribution >= 0.6 is 0 Å². The minimum atomic E-state index is -4.15. The van der Waals surface area contributed by atoms with E-state index in [9.17, 15) is 23.3 Å². The van der Waals surface area contributed by atoms with E-state index < -0.39 is 37.5 Å². The van der Waals surface area contributed by atoms with Crippen molar-refractivity contribution in [2.75, 3.05) is 0 Å². The van der Waals surface area contributed by atoms with Crippen molar-refractivity contribution in [3.8, 4) is 11.6 Å². The lowest BCUT2D eigenvalue weighted by Crippen LogP contribution is -2.32. The Labute approximate surface area is 202 Å². The van der Waals surface area contributed by atoms with Crippen molar-refractivity contribution in [2.24, 2.45) is 7.05 Å². The lowest BCUT2D eigenvalue weighted by molar-refractivity contribution is -0.385. The van der Waals surface area contributed by atoms with Crippen LogP contribution in [0.15, 0.2) is 47.6 Å². The average molecular weight is 503 g/mol. The molecule has 0 saturated heterocycles. The Hall–Kier alpha value is -3.84. The summed E-state index contributed by atoms with van der Waals surface area (Å²) in [4.78, 5) is 26.9. The summed E-state index contributed by atoms with van der Waals surface area (Å²) >= 11 is 0. The van der Waals surface area contributed by atoms with E-state index in [4.69, 9.17) is 4.74 Å². The SMILES string of the molecule is CC[C@H](C)NS(=O)(=O)c1cc([N+](=O)[O-])ccc1Oc1c(C)c(C(=O)NCc2cccnc2)nn1C. The van der Waals surface area contributed by atoms with Gasteiger partial charge in [-0.25, -0.2) is 17.8 Å². The fourth-order valence-corrected chi connectivity index (χ4v) is 4.64. The Morgan fingerprint density at radius 2 is 2.06 bits per heavy atom. The molecule has 2 N–H and O–H groups in total. The zero-order chi connectivity index (χ0) is 25.8. The summed E-state index contributed by atoms with van der Waals surface area (Å²) in [5.74, 6) is -0.475. The first-order chi connectivity index (χ1) is 16.5. The minimum absolute atomic E-state index is 0.0930. The number of carbonyl (C=O) groups excluding carboxylic acids is 1. The Kier molecular flexibility index (Phi) is 7.82. The first kappa shape index (κ1) is 25.8. The van der Waals surface area contributed by atoms with Crippen LogP contribution in [0.4, 0.5) is 5.69 Å². The molecule has 2 aromatic heterocycles. The number of benzene rings is 1. The third-order valence-corrected chi connectivity index (χ3v) is 6.82. The maximum absolute atomic E-state index is 13.0. The monoisotopic (exact) mass is 502 g/mol. The molecule has 0 spiro atoms. The standard InChI is InChI=1S/C22H26N6O6S/c1-5-14(2)26-35(32,33)19-11-17(28(30)31)8-9-18(19)34-22-15(3)20(25-27(22)4)21(29)24-13-16-7-6-10-23-12-16/h6-12,14,26H,5,13H2,1-4H3,(H,24,29)/t14-/m0/s1. The second kappa shape index (κ2) is 10.6. The molecule has 1 aromatic carbocycles. The van der Waals surface area contributed by atoms with Crippen molar-refractivity contribution < 1.29 is 22.9 Å². The highest BCUT2D eigenvalue weighted by Gasteiger charge is 2.27. The van der Waals surface area contributed by atoms with Gasteiger partial charge in [-0.05, 0) is 38.0 Å². The molecular weight excluding hydrogens is 476 g/mol. The second-order valence-corrected chi connectivity index (χ2v) is 9.55. The molecule has 0 fully saturated rings. The number of hydrogen-bond donors (Lipinski definition) is 2. The largest absolute Gasteiger partial charge is 0.438 e. The molecule has 1 amide bonds. The minimum Gasteiger partial charge on any atom is -0.438 e. The van der Waals surface area contributed by atoms with E-state index >= 15 is 0 Å². The van der Waals surface area contributed by atoms with Crippen molar-refractivity contribution in [3.63, 3.8) is 0 Å². The van der Waals surface area contributed by atoms with E-state index in [1.54, 1.807) is 39.2 Å². The number of amides is 1. The first-order valence-electron chi connectivity index (χ1n) is 10.7. The smallest absolute Gasteiger partial charge is 0.272 e. The van der Waals surface area contributed by atoms with E-state index in [1.807, 2.05) is 6.07 Å². The summed E-state index contributed by atoms with van der Waals surface area (Å²) in [6.45, 7) is 5.33. The summed E-state index contributed by atoms with van der Waals surface area (Å²) in [5, 5.41) is 18.2. The van der Waals surface area contributed by atoms with Gasteiger partial charge in [0.15, 0.2) is 5.69 Å². The van der Waals surface area contributed by atoms with Crippen LogP contribution < -0.4 is 14.8 Å². The van der Waals surface area contributed by atoms with Crippen LogP contribution in [-0.4, -0.2) is 40.1 Å². The zero-order valence-electron chi connectivity index (χ0n) is 19.7. The molecule has 3 rings (SSSR count). The average Bonchev–Trinajstić information content (AvgIpc) is 3.11. The fraction of sp³-hybridized carbons (Fsp3) is 0.318. The molecular formula is C22H26N6O6S. The summed E-state index contributed by atoms with van der Waals surface area (Å²) in [6, 6.07) is 6.46. The third kappa shape index (κ3) is 6.00. The van der Waals surface area contributed by atoms with Crippen LogP contribution in [0.5, 0.6) is 11.6 Å². The zero-order valence-corrected chi connectivity index (χ0v) is 20.5. The molecule has 0 aliphatic carbocycles. The van der Waals surface area contributed by atoms with Gasteiger partial charge in [0.2, 0.25) is 15.9 Å². The van der Waals surface area contributed by atoms with Gasteiger partial charge in [-0.15, -0.1) is 0 Å². The normalized spacial score (nSPS) is 12.2. The molecule has 12 nitrogen and oxygen atoms in total. The molecule has 2 heterocycles. The highest BCUT2D eigenvalue weighted by Crippen LogP contribution is 2.34. The summed E-state index contributed by atoms with van der Waals surface area (Å²) < 4.78 is 35.6. The molecule has 35 heavy (non-hydrogen) atoms. The summed E-state index contributed by atoms with van der Waals surface area (Å²) in [5.41, 5.74) is 0.864. The number of aromatic nitrogens is 3. The fourth-order valence-electron chi connectivity index (χ4n) is 3.16. The van der Waals surface area contributed by atoms with Gasteiger partial charge in [0.1, 0.15) is 10.6 Å². The number of sulfonamides is 1. The van der Waals surface area contributed by atoms with Crippen LogP contribution in [0.25, 0.3) is 0 Å². The van der Waals surface area contributed by atoms with Gasteiger partial charge in [0.25, 0.3) is 11.6 Å². The molecule has 0 bridgehead atoms. The van der Waals surface area contributed by atoms with Gasteiger partial charge in [0.05, 0.1) is 4.92 Å². The number of aryl methyl sites for hydroxylation is 1. The van der Waals surface area contributed by atoms with E-state index in [-0.39, 0.29) is 23.9 Å². The number of hydrogen-bond acceptors (Lipinski definition) is 8. The number of carbonyl (C=O) groups is 1. The van der Waals surface area contributed by atoms with E-state index in [0.717, 1.165) is 17.7 Å². The van der Waals surface area contributed by atoms with Crippen molar-refractivity contribution >= 4 is 21.6 Å². The molecule has 0 aliphatic rings. The van der Waals surface area contributed by atoms with Crippen LogP contribution in [0.3, 0.4) is 0 Å².